The number of hydrogen-bond acceptors (Lipinski definition) is 0. The molecule has 0 saturated carbocycles. The summed E-state index contributed by atoms with van der Waals surface area (Å²) in [5, 5.41) is 1.24. The molecule has 0 spiro atoms. The Bertz CT molecular complexity index is 139. The fourth-order valence-corrected chi connectivity index (χ4v) is 6.44. The second-order valence-electron chi connectivity index (χ2n) is 4.26. The van der Waals surface area contributed by atoms with Crippen LogP contribution in [0.15, 0.2) is 12.7 Å². The van der Waals surface area contributed by atoms with Crippen LogP contribution in [-0.4, -0.2) is 14.1 Å². The van der Waals surface area contributed by atoms with Crippen LogP contribution in [0.1, 0.15) is 25.7 Å². The maximum Gasteiger partial charge on any atom is 0.0368 e. The van der Waals surface area contributed by atoms with E-state index in [1.165, 1.54) is 31.0 Å². The molecule has 1 saturated heterocycles. The molecule has 1 rings (SSSR count). The van der Waals surface area contributed by atoms with Crippen LogP contribution in [0, 0.1) is 5.92 Å². The van der Waals surface area contributed by atoms with Gasteiger partial charge in [-0.05, 0) is 12.3 Å². The molecule has 2 heteroatoms. The normalized spacial score (nSPS) is 28.7. The lowest BCUT2D eigenvalue weighted by molar-refractivity contribution is 0.528. The first-order chi connectivity index (χ1) is 6.36. The van der Waals surface area contributed by atoms with Crippen LogP contribution >= 0.6 is 15.9 Å². The van der Waals surface area contributed by atoms with Gasteiger partial charge in [-0.15, -0.1) is 6.58 Å². The molecule has 1 fully saturated rings. The zero-order valence-corrected chi connectivity index (χ0v) is 11.2. The Balaban J connectivity index is 2.06. The highest BCUT2D eigenvalue weighted by atomic mass is 79.9. The van der Waals surface area contributed by atoms with Gasteiger partial charge >= 0.3 is 0 Å². The molecule has 0 radical (unpaired) electrons. The molecule has 0 aromatic rings. The molecule has 1 aliphatic rings. The Morgan fingerprint density at radius 1 is 1.38 bits per heavy atom. The highest BCUT2D eigenvalue weighted by Crippen LogP contribution is 2.28. The summed E-state index contributed by atoms with van der Waals surface area (Å²) >= 11 is 3.60. The average molecular weight is 261 g/mol. The van der Waals surface area contributed by atoms with Crippen LogP contribution in [-0.2, 0) is 0 Å². The number of rotatable bonds is 5. The molecule has 0 aromatic carbocycles. The van der Waals surface area contributed by atoms with Crippen LogP contribution in [0.25, 0.3) is 0 Å². The van der Waals surface area contributed by atoms with Crippen molar-refractivity contribution in [3.05, 3.63) is 12.7 Å². The van der Waals surface area contributed by atoms with Crippen LogP contribution < -0.4 is 0 Å². The molecule has 0 unspecified atom stereocenters. The van der Waals surface area contributed by atoms with Crippen molar-refractivity contribution in [1.82, 2.24) is 0 Å². The smallest absolute Gasteiger partial charge is 0.0368 e. The van der Waals surface area contributed by atoms with Gasteiger partial charge in [0.25, 0.3) is 0 Å². The number of halogens is 1. The van der Waals surface area contributed by atoms with Crippen molar-refractivity contribution in [2.24, 2.45) is 5.92 Å². The highest BCUT2D eigenvalue weighted by Gasteiger charge is 2.20. The van der Waals surface area contributed by atoms with Gasteiger partial charge < -0.3 is 0 Å². The molecule has 0 amide bonds. The minimum atomic E-state index is -0.279. The minimum absolute atomic E-state index is 0.279. The second kappa shape index (κ2) is 6.83. The predicted molar refractivity (Wildman–Crippen MR) is 67.5 cm³/mol. The number of alkyl halides is 1. The maximum absolute atomic E-state index is 3.78. The summed E-state index contributed by atoms with van der Waals surface area (Å²) in [7, 11) is -0.279. The van der Waals surface area contributed by atoms with Gasteiger partial charge in [0.15, 0.2) is 0 Å². The van der Waals surface area contributed by atoms with E-state index in [1.807, 2.05) is 0 Å². The van der Waals surface area contributed by atoms with Crippen molar-refractivity contribution in [1.29, 1.82) is 0 Å². The summed E-state index contributed by atoms with van der Waals surface area (Å²) in [6.45, 7) is 3.78. The van der Waals surface area contributed by atoms with Gasteiger partial charge in [-0.1, -0.05) is 59.4 Å². The molecule has 1 aliphatic heterocycles. The fourth-order valence-electron chi connectivity index (χ4n) is 2.23. The third kappa shape index (κ3) is 4.46. The summed E-state index contributed by atoms with van der Waals surface area (Å²) in [5.41, 5.74) is 0. The Morgan fingerprint density at radius 2 is 2.08 bits per heavy atom. The Morgan fingerprint density at radius 3 is 2.62 bits per heavy atom. The summed E-state index contributed by atoms with van der Waals surface area (Å²) in [4.78, 5) is 0. The van der Waals surface area contributed by atoms with E-state index in [1.54, 1.807) is 18.1 Å². The number of hydrogen-bond donors (Lipinski definition) is 0. The van der Waals surface area contributed by atoms with Crippen molar-refractivity contribution in [2.45, 2.75) is 43.8 Å². The van der Waals surface area contributed by atoms with E-state index < -0.39 is 0 Å². The molecule has 0 aromatic heterocycles. The number of allylic oxidation sites excluding steroid dienone is 1. The first kappa shape index (κ1) is 11.5. The first-order valence-electron chi connectivity index (χ1n) is 5.53. The zero-order chi connectivity index (χ0) is 9.52. The molecule has 0 bridgehead atoms. The van der Waals surface area contributed by atoms with Gasteiger partial charge in [-0.25, -0.2) is 0 Å². The van der Waals surface area contributed by atoms with Crippen LogP contribution in [0.4, 0.5) is 0 Å². The van der Waals surface area contributed by atoms with E-state index in [0.717, 1.165) is 5.92 Å². The molecule has 13 heavy (non-hydrogen) atoms. The largest absolute Gasteiger partial charge is 0.103 e. The Labute approximate surface area is 92.5 Å². The third-order valence-electron chi connectivity index (χ3n) is 3.21. The van der Waals surface area contributed by atoms with Gasteiger partial charge in [0, 0.05) is 14.1 Å². The fraction of sp³-hybridized carbons (Fsp3) is 0.818. The van der Waals surface area contributed by atoms with Crippen LogP contribution in [0.5, 0.6) is 0 Å². The van der Waals surface area contributed by atoms with Gasteiger partial charge in [0.05, 0.1) is 0 Å². The van der Waals surface area contributed by atoms with Crippen LogP contribution in [0.3, 0.4) is 0 Å². The van der Waals surface area contributed by atoms with E-state index in [4.69, 9.17) is 0 Å². The molecule has 0 aliphatic carbocycles. The molecule has 1 heterocycles. The quantitative estimate of drug-likeness (QED) is 0.304. The lowest BCUT2D eigenvalue weighted by atomic mass is 10.1. The van der Waals surface area contributed by atoms with Crippen molar-refractivity contribution in [2.75, 3.05) is 5.33 Å². The SMILES string of the molecule is C=CCCC[SiH]1CCC(CBr)CC1. The van der Waals surface area contributed by atoms with Gasteiger partial charge in [0.1, 0.15) is 0 Å². The van der Waals surface area contributed by atoms with E-state index in [-0.39, 0.29) is 8.80 Å². The van der Waals surface area contributed by atoms with Gasteiger partial charge in [-0.3, -0.25) is 0 Å². The zero-order valence-electron chi connectivity index (χ0n) is 8.47. The molecule has 0 atom stereocenters. The Kier molecular flexibility index (Phi) is 6.04. The van der Waals surface area contributed by atoms with Crippen molar-refractivity contribution in [3.8, 4) is 0 Å². The summed E-state index contributed by atoms with van der Waals surface area (Å²) in [6, 6.07) is 4.78. The summed E-state index contributed by atoms with van der Waals surface area (Å²) in [6.07, 6.45) is 7.75. The number of unbranched alkanes of at least 4 members (excludes halogenated alkanes) is 1. The van der Waals surface area contributed by atoms with E-state index in [9.17, 15) is 0 Å². The van der Waals surface area contributed by atoms with Crippen LogP contribution in [0.2, 0.25) is 18.1 Å². The molecule has 0 N–H and O–H groups in total. The first-order valence-corrected chi connectivity index (χ1v) is 9.10. The molecule has 76 valence electrons. The lowest BCUT2D eigenvalue weighted by Crippen LogP contribution is -2.21. The predicted octanol–water partition coefficient (Wildman–Crippen LogP) is 3.98. The molecular formula is C11H21BrSi. The third-order valence-corrected chi connectivity index (χ3v) is 7.65. The van der Waals surface area contributed by atoms with E-state index in [0.29, 0.717) is 0 Å². The van der Waals surface area contributed by atoms with Crippen molar-refractivity contribution < 1.29 is 0 Å². The van der Waals surface area contributed by atoms with Crippen molar-refractivity contribution >= 4 is 24.7 Å². The maximum atomic E-state index is 3.78. The monoisotopic (exact) mass is 260 g/mol. The standard InChI is InChI=1S/C11H21BrSi/c1-2-3-4-7-13-8-5-11(10-12)6-9-13/h2,11,13H,1,3-10H2. The topological polar surface area (TPSA) is 0 Å². The van der Waals surface area contributed by atoms with Gasteiger partial charge in [0.2, 0.25) is 0 Å². The van der Waals surface area contributed by atoms with Crippen molar-refractivity contribution in [3.63, 3.8) is 0 Å². The second-order valence-corrected chi connectivity index (χ2v) is 8.37. The van der Waals surface area contributed by atoms with E-state index in [2.05, 4.69) is 28.6 Å². The van der Waals surface area contributed by atoms with E-state index >= 15 is 0 Å². The van der Waals surface area contributed by atoms with Gasteiger partial charge in [-0.2, -0.15) is 0 Å². The highest BCUT2D eigenvalue weighted by molar-refractivity contribution is 9.09. The Hall–Kier alpha value is 0.437. The summed E-state index contributed by atoms with van der Waals surface area (Å²) in [5.74, 6) is 1.00. The summed E-state index contributed by atoms with van der Waals surface area (Å²) < 4.78 is 0. The average Bonchev–Trinajstić information content (AvgIpc) is 2.19. The molecular weight excluding hydrogens is 240 g/mol. The lowest BCUT2D eigenvalue weighted by Gasteiger charge is -2.26. The minimum Gasteiger partial charge on any atom is -0.103 e. The molecule has 0 nitrogen and oxygen atoms in total.